The van der Waals surface area contributed by atoms with Crippen molar-refractivity contribution in [3.8, 4) is 0 Å². The van der Waals surface area contributed by atoms with E-state index in [2.05, 4.69) is 17.1 Å². The zero-order chi connectivity index (χ0) is 9.54. The third kappa shape index (κ3) is 1.49. The predicted molar refractivity (Wildman–Crippen MR) is 58.2 cm³/mol. The van der Waals surface area contributed by atoms with Gasteiger partial charge in [0.1, 0.15) is 0 Å². The predicted octanol–water partition coefficient (Wildman–Crippen LogP) is 1.33. The minimum atomic E-state index is 0.863. The summed E-state index contributed by atoms with van der Waals surface area (Å²) in [6.45, 7) is 7.63. The third-order valence-corrected chi connectivity index (χ3v) is 4.62. The Morgan fingerprint density at radius 1 is 1.29 bits per heavy atom. The molecule has 4 unspecified atom stereocenters. The van der Waals surface area contributed by atoms with Gasteiger partial charge in [0, 0.05) is 19.1 Å². The SMILES string of the molecule is CCC1CNCC1N1CCC2CC2C1. The molecule has 0 aromatic rings. The van der Waals surface area contributed by atoms with Crippen molar-refractivity contribution >= 4 is 0 Å². The number of piperidine rings is 1. The Bertz CT molecular complexity index is 216. The number of likely N-dealkylation sites (tertiary alicyclic amines) is 1. The van der Waals surface area contributed by atoms with Crippen LogP contribution in [0.25, 0.3) is 0 Å². The standard InChI is InChI=1S/C12H22N2/c1-2-9-6-13-7-12(9)14-4-3-10-5-11(10)8-14/h9-13H,2-8H2,1H3. The average Bonchev–Trinajstić information content (AvgIpc) is 2.84. The topological polar surface area (TPSA) is 15.3 Å². The van der Waals surface area contributed by atoms with Crippen molar-refractivity contribution < 1.29 is 0 Å². The van der Waals surface area contributed by atoms with Gasteiger partial charge < -0.3 is 5.32 Å². The van der Waals surface area contributed by atoms with E-state index in [1.54, 1.807) is 0 Å². The number of nitrogens with zero attached hydrogens (tertiary/aromatic N) is 1. The van der Waals surface area contributed by atoms with E-state index in [-0.39, 0.29) is 0 Å². The summed E-state index contributed by atoms with van der Waals surface area (Å²) in [5, 5.41) is 3.56. The van der Waals surface area contributed by atoms with Gasteiger partial charge in [0.25, 0.3) is 0 Å². The Morgan fingerprint density at radius 3 is 3.00 bits per heavy atom. The van der Waals surface area contributed by atoms with Crippen LogP contribution in [0.5, 0.6) is 0 Å². The van der Waals surface area contributed by atoms with Crippen molar-refractivity contribution in [2.24, 2.45) is 17.8 Å². The molecule has 2 saturated heterocycles. The van der Waals surface area contributed by atoms with E-state index in [0.717, 1.165) is 23.8 Å². The highest BCUT2D eigenvalue weighted by molar-refractivity contribution is 4.97. The van der Waals surface area contributed by atoms with E-state index in [4.69, 9.17) is 0 Å². The zero-order valence-corrected chi connectivity index (χ0v) is 9.21. The van der Waals surface area contributed by atoms with Crippen molar-refractivity contribution in [2.75, 3.05) is 26.2 Å². The average molecular weight is 194 g/mol. The Labute approximate surface area is 87.0 Å². The molecule has 0 amide bonds. The van der Waals surface area contributed by atoms with E-state index in [1.807, 2.05) is 0 Å². The minimum absolute atomic E-state index is 0.863. The molecule has 3 rings (SSSR count). The molecule has 3 fully saturated rings. The first kappa shape index (κ1) is 9.17. The van der Waals surface area contributed by atoms with Crippen LogP contribution in [-0.2, 0) is 0 Å². The highest BCUT2D eigenvalue weighted by Crippen LogP contribution is 2.45. The van der Waals surface area contributed by atoms with Gasteiger partial charge in [-0.05, 0) is 43.7 Å². The summed E-state index contributed by atoms with van der Waals surface area (Å²) in [5.74, 6) is 3.13. The number of hydrogen-bond acceptors (Lipinski definition) is 2. The maximum atomic E-state index is 3.56. The number of hydrogen-bond donors (Lipinski definition) is 1. The molecule has 0 bridgehead atoms. The van der Waals surface area contributed by atoms with Crippen LogP contribution < -0.4 is 5.32 Å². The first-order valence-corrected chi connectivity index (χ1v) is 6.33. The van der Waals surface area contributed by atoms with Crippen LogP contribution in [0.1, 0.15) is 26.2 Å². The van der Waals surface area contributed by atoms with Crippen molar-refractivity contribution in [3.05, 3.63) is 0 Å². The maximum Gasteiger partial charge on any atom is 0.0260 e. The van der Waals surface area contributed by atoms with Gasteiger partial charge in [-0.2, -0.15) is 0 Å². The van der Waals surface area contributed by atoms with E-state index in [1.165, 1.54) is 45.4 Å². The normalized spacial score (nSPS) is 47.8. The lowest BCUT2D eigenvalue weighted by atomic mass is 9.97. The van der Waals surface area contributed by atoms with Crippen molar-refractivity contribution in [2.45, 2.75) is 32.2 Å². The largest absolute Gasteiger partial charge is 0.315 e. The third-order valence-electron chi connectivity index (χ3n) is 4.62. The van der Waals surface area contributed by atoms with Crippen LogP contribution in [0.15, 0.2) is 0 Å². The monoisotopic (exact) mass is 194 g/mol. The second kappa shape index (κ2) is 3.49. The fraction of sp³-hybridized carbons (Fsp3) is 1.00. The van der Waals surface area contributed by atoms with E-state index in [0.29, 0.717) is 0 Å². The molecule has 0 aromatic heterocycles. The fourth-order valence-corrected chi connectivity index (χ4v) is 3.48. The van der Waals surface area contributed by atoms with Gasteiger partial charge >= 0.3 is 0 Å². The zero-order valence-electron chi connectivity index (χ0n) is 9.21. The molecule has 1 aliphatic carbocycles. The molecule has 14 heavy (non-hydrogen) atoms. The Balaban J connectivity index is 1.63. The van der Waals surface area contributed by atoms with Gasteiger partial charge in [-0.3, -0.25) is 4.90 Å². The van der Waals surface area contributed by atoms with Crippen LogP contribution in [-0.4, -0.2) is 37.1 Å². The Morgan fingerprint density at radius 2 is 2.21 bits per heavy atom. The van der Waals surface area contributed by atoms with E-state index < -0.39 is 0 Å². The lowest BCUT2D eigenvalue weighted by Crippen LogP contribution is -2.44. The van der Waals surface area contributed by atoms with Gasteiger partial charge in [0.2, 0.25) is 0 Å². The molecular weight excluding hydrogens is 172 g/mol. The minimum Gasteiger partial charge on any atom is -0.315 e. The Kier molecular flexibility index (Phi) is 2.29. The van der Waals surface area contributed by atoms with Crippen molar-refractivity contribution in [1.82, 2.24) is 10.2 Å². The quantitative estimate of drug-likeness (QED) is 0.713. The Hall–Kier alpha value is -0.0800. The second-order valence-electron chi connectivity index (χ2n) is 5.43. The van der Waals surface area contributed by atoms with Gasteiger partial charge in [0.15, 0.2) is 0 Å². The summed E-state index contributed by atoms with van der Waals surface area (Å²) >= 11 is 0. The molecule has 80 valence electrons. The fourth-order valence-electron chi connectivity index (χ4n) is 3.48. The highest BCUT2D eigenvalue weighted by atomic mass is 15.2. The first-order valence-electron chi connectivity index (χ1n) is 6.33. The van der Waals surface area contributed by atoms with Crippen LogP contribution in [0.2, 0.25) is 0 Å². The second-order valence-corrected chi connectivity index (χ2v) is 5.43. The van der Waals surface area contributed by atoms with Gasteiger partial charge in [-0.25, -0.2) is 0 Å². The molecule has 2 nitrogen and oxygen atoms in total. The molecule has 2 heterocycles. The molecule has 3 aliphatic rings. The molecule has 1 saturated carbocycles. The van der Waals surface area contributed by atoms with Crippen LogP contribution >= 0.6 is 0 Å². The molecule has 4 atom stereocenters. The van der Waals surface area contributed by atoms with Crippen molar-refractivity contribution in [3.63, 3.8) is 0 Å². The highest BCUT2D eigenvalue weighted by Gasteiger charge is 2.44. The summed E-state index contributed by atoms with van der Waals surface area (Å²) in [7, 11) is 0. The number of rotatable bonds is 2. The molecule has 1 N–H and O–H groups in total. The molecule has 0 aromatic carbocycles. The van der Waals surface area contributed by atoms with Crippen LogP contribution in [0.3, 0.4) is 0 Å². The lowest BCUT2D eigenvalue weighted by Gasteiger charge is -2.34. The number of fused-ring (bicyclic) bond motifs is 1. The van der Waals surface area contributed by atoms with Crippen LogP contribution in [0.4, 0.5) is 0 Å². The summed E-state index contributed by atoms with van der Waals surface area (Å²) < 4.78 is 0. The van der Waals surface area contributed by atoms with Crippen molar-refractivity contribution in [1.29, 1.82) is 0 Å². The molecule has 0 radical (unpaired) electrons. The molecule has 2 heteroatoms. The summed E-state index contributed by atoms with van der Waals surface area (Å²) in [5.41, 5.74) is 0. The summed E-state index contributed by atoms with van der Waals surface area (Å²) in [4.78, 5) is 2.78. The molecular formula is C12H22N2. The first-order chi connectivity index (χ1) is 6.88. The van der Waals surface area contributed by atoms with Gasteiger partial charge in [-0.1, -0.05) is 13.3 Å². The molecule has 0 spiro atoms. The lowest BCUT2D eigenvalue weighted by molar-refractivity contribution is 0.135. The maximum absolute atomic E-state index is 3.56. The molecule has 2 aliphatic heterocycles. The van der Waals surface area contributed by atoms with Gasteiger partial charge in [0.05, 0.1) is 0 Å². The van der Waals surface area contributed by atoms with E-state index >= 15 is 0 Å². The van der Waals surface area contributed by atoms with Crippen LogP contribution in [0, 0.1) is 17.8 Å². The van der Waals surface area contributed by atoms with Gasteiger partial charge in [-0.15, -0.1) is 0 Å². The number of nitrogens with one attached hydrogen (secondary N) is 1. The smallest absolute Gasteiger partial charge is 0.0260 e. The van der Waals surface area contributed by atoms with E-state index in [9.17, 15) is 0 Å². The summed E-state index contributed by atoms with van der Waals surface area (Å²) in [6, 6.07) is 0.863. The summed E-state index contributed by atoms with van der Waals surface area (Å²) in [6.07, 6.45) is 4.37.